The van der Waals surface area contributed by atoms with Crippen LogP contribution in [0.1, 0.15) is 22.2 Å². The lowest BCUT2D eigenvalue weighted by Gasteiger charge is -2.02. The summed E-state index contributed by atoms with van der Waals surface area (Å²) in [6.07, 6.45) is 3.44. The van der Waals surface area contributed by atoms with Gasteiger partial charge in [0.2, 0.25) is 0 Å². The lowest BCUT2D eigenvalue weighted by atomic mass is 10.1. The van der Waals surface area contributed by atoms with Gasteiger partial charge >= 0.3 is 0 Å². The summed E-state index contributed by atoms with van der Waals surface area (Å²) in [6, 6.07) is 11.1. The summed E-state index contributed by atoms with van der Waals surface area (Å²) in [7, 11) is 0. The van der Waals surface area contributed by atoms with Crippen molar-refractivity contribution in [3.63, 3.8) is 0 Å². The fourth-order valence-electron chi connectivity index (χ4n) is 1.52. The Bertz CT molecular complexity index is 524. The minimum Gasteiger partial charge on any atom is -0.494 e. The molecule has 1 heterocycles. The highest BCUT2D eigenvalue weighted by Crippen LogP contribution is 2.14. The summed E-state index contributed by atoms with van der Waals surface area (Å²) in [6.45, 7) is 2.56. The predicted octanol–water partition coefficient (Wildman–Crippen LogP) is 4.04. The first kappa shape index (κ1) is 12.6. The number of ether oxygens (including phenoxy) is 1. The molecule has 0 unspecified atom stereocenters. The third-order valence-corrected chi connectivity index (χ3v) is 3.23. The normalized spacial score (nSPS) is 10.7. The van der Waals surface area contributed by atoms with E-state index < -0.39 is 0 Å². The van der Waals surface area contributed by atoms with Crippen LogP contribution in [0.3, 0.4) is 0 Å². The third kappa shape index (κ3) is 3.31. The van der Waals surface area contributed by atoms with Crippen LogP contribution in [-0.4, -0.2) is 12.4 Å². The Kier molecular flexibility index (Phi) is 4.31. The van der Waals surface area contributed by atoms with Crippen molar-refractivity contribution in [1.29, 1.82) is 0 Å². The molecule has 0 aliphatic heterocycles. The van der Waals surface area contributed by atoms with Crippen molar-refractivity contribution < 1.29 is 9.53 Å². The molecule has 0 amide bonds. The van der Waals surface area contributed by atoms with Gasteiger partial charge < -0.3 is 4.74 Å². The number of allylic oxidation sites excluding steroid dienone is 1. The zero-order valence-electron chi connectivity index (χ0n) is 10.1. The SMILES string of the molecule is CCOc1ccc(C(=O)C=Cc2cccs2)cc1. The summed E-state index contributed by atoms with van der Waals surface area (Å²) < 4.78 is 5.33. The summed E-state index contributed by atoms with van der Waals surface area (Å²) in [5.41, 5.74) is 0.672. The Morgan fingerprint density at radius 2 is 2.06 bits per heavy atom. The number of hydrogen-bond donors (Lipinski definition) is 0. The molecule has 2 aromatic rings. The minimum atomic E-state index is 0.00597. The molecule has 2 rings (SSSR count). The molecular formula is C15H14O2S. The lowest BCUT2D eigenvalue weighted by molar-refractivity contribution is 0.104. The topological polar surface area (TPSA) is 26.3 Å². The Labute approximate surface area is 111 Å². The van der Waals surface area contributed by atoms with Crippen LogP contribution in [0.5, 0.6) is 5.75 Å². The van der Waals surface area contributed by atoms with Gasteiger partial charge in [-0.15, -0.1) is 11.3 Å². The number of rotatable bonds is 5. The molecule has 1 aromatic heterocycles. The Morgan fingerprint density at radius 3 is 2.67 bits per heavy atom. The second kappa shape index (κ2) is 6.17. The second-order valence-electron chi connectivity index (χ2n) is 3.67. The highest BCUT2D eigenvalue weighted by atomic mass is 32.1. The van der Waals surface area contributed by atoms with E-state index in [0.29, 0.717) is 12.2 Å². The van der Waals surface area contributed by atoms with Crippen molar-refractivity contribution in [2.24, 2.45) is 0 Å². The summed E-state index contributed by atoms with van der Waals surface area (Å²) >= 11 is 1.61. The van der Waals surface area contributed by atoms with Crippen LogP contribution in [-0.2, 0) is 0 Å². The Morgan fingerprint density at radius 1 is 1.28 bits per heavy atom. The molecule has 1 aromatic carbocycles. The highest BCUT2D eigenvalue weighted by molar-refractivity contribution is 7.10. The van der Waals surface area contributed by atoms with Crippen LogP contribution < -0.4 is 4.74 Å². The fraction of sp³-hybridized carbons (Fsp3) is 0.133. The van der Waals surface area contributed by atoms with E-state index in [2.05, 4.69) is 0 Å². The van der Waals surface area contributed by atoms with E-state index in [-0.39, 0.29) is 5.78 Å². The van der Waals surface area contributed by atoms with Gasteiger partial charge in [-0.1, -0.05) is 6.07 Å². The number of carbonyl (C=O) groups is 1. The predicted molar refractivity (Wildman–Crippen MR) is 75.3 cm³/mol. The van der Waals surface area contributed by atoms with E-state index in [0.717, 1.165) is 10.6 Å². The molecule has 18 heavy (non-hydrogen) atoms. The van der Waals surface area contributed by atoms with E-state index in [1.54, 1.807) is 29.5 Å². The van der Waals surface area contributed by atoms with Crippen LogP contribution in [0.15, 0.2) is 47.9 Å². The summed E-state index contributed by atoms with van der Waals surface area (Å²) in [5.74, 6) is 0.794. The molecule has 2 nitrogen and oxygen atoms in total. The molecule has 0 radical (unpaired) electrons. The molecule has 0 aliphatic carbocycles. The van der Waals surface area contributed by atoms with Gasteiger partial charge in [-0.05, 0) is 54.8 Å². The quantitative estimate of drug-likeness (QED) is 0.597. The van der Waals surface area contributed by atoms with Crippen molar-refractivity contribution in [2.75, 3.05) is 6.61 Å². The van der Waals surface area contributed by atoms with E-state index in [4.69, 9.17) is 4.74 Å². The highest BCUT2D eigenvalue weighted by Gasteiger charge is 2.01. The van der Waals surface area contributed by atoms with Crippen molar-refractivity contribution in [3.05, 3.63) is 58.3 Å². The van der Waals surface area contributed by atoms with Crippen molar-refractivity contribution in [2.45, 2.75) is 6.92 Å². The number of carbonyl (C=O) groups excluding carboxylic acids is 1. The van der Waals surface area contributed by atoms with E-state index in [9.17, 15) is 4.79 Å². The maximum atomic E-state index is 11.9. The number of thiophene rings is 1. The average Bonchev–Trinajstić information content (AvgIpc) is 2.90. The van der Waals surface area contributed by atoms with Gasteiger partial charge in [0, 0.05) is 10.4 Å². The van der Waals surface area contributed by atoms with Crippen LogP contribution in [0, 0.1) is 0 Å². The Hall–Kier alpha value is -1.87. The maximum Gasteiger partial charge on any atom is 0.185 e. The van der Waals surface area contributed by atoms with Crippen molar-refractivity contribution in [3.8, 4) is 5.75 Å². The molecule has 3 heteroatoms. The number of hydrogen-bond acceptors (Lipinski definition) is 3. The fourth-order valence-corrected chi connectivity index (χ4v) is 2.14. The van der Waals surface area contributed by atoms with Gasteiger partial charge in [-0.2, -0.15) is 0 Å². The zero-order valence-corrected chi connectivity index (χ0v) is 10.9. The molecule has 0 fully saturated rings. The average molecular weight is 258 g/mol. The number of ketones is 1. The largest absolute Gasteiger partial charge is 0.494 e. The van der Waals surface area contributed by atoms with Gasteiger partial charge in [0.15, 0.2) is 5.78 Å². The summed E-state index contributed by atoms with van der Waals surface area (Å²) in [4.78, 5) is 13.0. The first-order chi connectivity index (χ1) is 8.79. The molecule has 0 N–H and O–H groups in total. The van der Waals surface area contributed by atoms with Gasteiger partial charge in [-0.25, -0.2) is 0 Å². The van der Waals surface area contributed by atoms with Crippen molar-refractivity contribution in [1.82, 2.24) is 0 Å². The van der Waals surface area contributed by atoms with Gasteiger partial charge in [0.05, 0.1) is 6.61 Å². The van der Waals surface area contributed by atoms with Crippen LogP contribution in [0.4, 0.5) is 0 Å². The second-order valence-corrected chi connectivity index (χ2v) is 4.65. The molecule has 0 atom stereocenters. The van der Waals surface area contributed by atoms with E-state index in [1.807, 2.05) is 42.6 Å². The molecule has 0 bridgehead atoms. The Balaban J connectivity index is 2.04. The monoisotopic (exact) mass is 258 g/mol. The summed E-state index contributed by atoms with van der Waals surface area (Å²) in [5, 5.41) is 1.99. The number of benzene rings is 1. The molecule has 92 valence electrons. The van der Waals surface area contributed by atoms with Crippen LogP contribution in [0.2, 0.25) is 0 Å². The van der Waals surface area contributed by atoms with Crippen LogP contribution >= 0.6 is 11.3 Å². The van der Waals surface area contributed by atoms with Crippen molar-refractivity contribution >= 4 is 23.2 Å². The first-order valence-electron chi connectivity index (χ1n) is 5.78. The van der Waals surface area contributed by atoms with Gasteiger partial charge in [0.25, 0.3) is 0 Å². The molecule has 0 saturated carbocycles. The molecule has 0 saturated heterocycles. The van der Waals surface area contributed by atoms with E-state index in [1.165, 1.54) is 0 Å². The molecular weight excluding hydrogens is 244 g/mol. The smallest absolute Gasteiger partial charge is 0.185 e. The maximum absolute atomic E-state index is 11.9. The molecule has 0 aliphatic rings. The van der Waals surface area contributed by atoms with Gasteiger partial charge in [-0.3, -0.25) is 4.79 Å². The first-order valence-corrected chi connectivity index (χ1v) is 6.66. The van der Waals surface area contributed by atoms with Gasteiger partial charge in [0.1, 0.15) is 5.75 Å². The van der Waals surface area contributed by atoms with Crippen LogP contribution in [0.25, 0.3) is 6.08 Å². The van der Waals surface area contributed by atoms with E-state index >= 15 is 0 Å². The third-order valence-electron chi connectivity index (χ3n) is 2.39. The minimum absolute atomic E-state index is 0.00597. The molecule has 0 spiro atoms. The zero-order chi connectivity index (χ0) is 12.8. The standard InChI is InChI=1S/C15H14O2S/c1-2-17-13-7-5-12(6-8-13)15(16)10-9-14-4-3-11-18-14/h3-11H,2H2,1H3. The lowest BCUT2D eigenvalue weighted by Crippen LogP contribution is -1.95.